The third-order valence-electron chi connectivity index (χ3n) is 3.90. The number of nitriles is 1. The number of phosphoric ester groups is 1. The zero-order valence-electron chi connectivity index (χ0n) is 16.8. The van der Waals surface area contributed by atoms with Gasteiger partial charge in [-0.15, -0.1) is 0 Å². The maximum atomic E-state index is 13.7. The highest BCUT2D eigenvalue weighted by Crippen LogP contribution is 2.66. The Balaban J connectivity index is 2.21. The van der Waals surface area contributed by atoms with Crippen molar-refractivity contribution in [1.82, 2.24) is 9.55 Å². The van der Waals surface area contributed by atoms with Gasteiger partial charge in [0, 0.05) is 18.2 Å². The Morgan fingerprint density at radius 3 is 2.53 bits per heavy atom. The van der Waals surface area contributed by atoms with Crippen LogP contribution >= 0.6 is 23.5 Å². The Morgan fingerprint density at radius 2 is 1.94 bits per heavy atom. The second-order valence-electron chi connectivity index (χ2n) is 6.46. The van der Waals surface area contributed by atoms with Crippen LogP contribution in [0.25, 0.3) is 0 Å². The van der Waals surface area contributed by atoms with Gasteiger partial charge in [-0.3, -0.25) is 18.9 Å². The first-order valence-corrected chi connectivity index (χ1v) is 13.2. The number of H-pyrrole nitrogens is 1. The van der Waals surface area contributed by atoms with E-state index < -0.39 is 65.8 Å². The SMILES string of the molecule is Cc1cn([C@H]2C[C@H](OC(F)=CC#N)[C@@H](COP(=O)(O)OP(=O)(O)OP(=O)(O)O)O2)c(=O)[nH]c1=O. The van der Waals surface area contributed by atoms with Crippen molar-refractivity contribution in [2.24, 2.45) is 0 Å². The molecule has 0 aliphatic carbocycles. The Morgan fingerprint density at radius 1 is 1.29 bits per heavy atom. The van der Waals surface area contributed by atoms with E-state index in [0.717, 1.165) is 10.8 Å². The van der Waals surface area contributed by atoms with E-state index in [4.69, 9.17) is 24.5 Å². The summed E-state index contributed by atoms with van der Waals surface area (Å²) in [5.41, 5.74) is -1.49. The highest BCUT2D eigenvalue weighted by molar-refractivity contribution is 7.66. The van der Waals surface area contributed by atoms with Gasteiger partial charge in [-0.05, 0) is 6.92 Å². The molecule has 1 aromatic heterocycles. The highest BCUT2D eigenvalue weighted by atomic mass is 31.3. The van der Waals surface area contributed by atoms with E-state index in [1.807, 2.05) is 4.98 Å². The normalized spacial score (nSPS) is 24.7. The number of halogens is 1. The number of hydrogen-bond donors (Lipinski definition) is 5. The molecular weight excluding hydrogens is 534 g/mol. The van der Waals surface area contributed by atoms with Crippen molar-refractivity contribution >= 4 is 23.5 Å². The van der Waals surface area contributed by atoms with E-state index >= 15 is 0 Å². The van der Waals surface area contributed by atoms with Crippen LogP contribution in [0.5, 0.6) is 0 Å². The molecule has 34 heavy (non-hydrogen) atoms. The molecule has 0 aromatic carbocycles. The van der Waals surface area contributed by atoms with Gasteiger partial charge in [-0.1, -0.05) is 0 Å². The van der Waals surface area contributed by atoms with Crippen LogP contribution < -0.4 is 11.2 Å². The van der Waals surface area contributed by atoms with Gasteiger partial charge < -0.3 is 29.0 Å². The smallest absolute Gasteiger partial charge is 0.464 e. The molecule has 17 nitrogen and oxygen atoms in total. The Bertz CT molecular complexity index is 1250. The largest absolute Gasteiger partial charge is 0.490 e. The van der Waals surface area contributed by atoms with Crippen LogP contribution in [-0.4, -0.2) is 47.9 Å². The minimum Gasteiger partial charge on any atom is -0.464 e. The van der Waals surface area contributed by atoms with Crippen molar-refractivity contribution in [2.75, 3.05) is 6.61 Å². The first-order chi connectivity index (χ1) is 15.5. The van der Waals surface area contributed by atoms with Crippen molar-refractivity contribution in [1.29, 1.82) is 5.26 Å². The summed E-state index contributed by atoms with van der Waals surface area (Å²) in [5, 5.41) is 8.51. The lowest BCUT2D eigenvalue weighted by Gasteiger charge is -2.21. The molecule has 1 fully saturated rings. The monoisotopic (exact) mass is 551 g/mol. The molecule has 0 bridgehead atoms. The van der Waals surface area contributed by atoms with Gasteiger partial charge in [-0.2, -0.15) is 18.3 Å². The number of ether oxygens (including phenoxy) is 2. The molecule has 21 heteroatoms. The third kappa shape index (κ3) is 8.35. The number of phosphoric acid groups is 3. The van der Waals surface area contributed by atoms with Crippen LogP contribution in [0, 0.1) is 18.3 Å². The summed E-state index contributed by atoms with van der Waals surface area (Å²) in [4.78, 5) is 61.5. The van der Waals surface area contributed by atoms with E-state index in [1.165, 1.54) is 13.0 Å². The first-order valence-electron chi connectivity index (χ1n) is 8.70. The van der Waals surface area contributed by atoms with Crippen LogP contribution in [0.3, 0.4) is 0 Å². The average molecular weight is 551 g/mol. The van der Waals surface area contributed by atoms with Crippen LogP contribution in [0.1, 0.15) is 18.2 Å². The molecular formula is C13H17FN3O14P3. The van der Waals surface area contributed by atoms with Crippen LogP contribution in [0.15, 0.2) is 27.9 Å². The summed E-state index contributed by atoms with van der Waals surface area (Å²) < 4.78 is 70.6. The summed E-state index contributed by atoms with van der Waals surface area (Å²) >= 11 is 0. The number of aromatic amines is 1. The molecule has 1 aliphatic rings. The minimum atomic E-state index is -5.78. The number of rotatable bonds is 10. The predicted octanol–water partition coefficient (Wildman–Crippen LogP) is 0.195. The fourth-order valence-corrected chi connectivity index (χ4v) is 5.68. The van der Waals surface area contributed by atoms with Crippen molar-refractivity contribution < 1.29 is 60.3 Å². The van der Waals surface area contributed by atoms with Gasteiger partial charge in [0.15, 0.2) is 0 Å². The average Bonchev–Trinajstić information content (AvgIpc) is 3.02. The first kappa shape index (κ1) is 28.2. The molecule has 0 amide bonds. The summed E-state index contributed by atoms with van der Waals surface area (Å²) in [6.45, 7) is 0.363. The zero-order valence-corrected chi connectivity index (χ0v) is 19.5. The van der Waals surface area contributed by atoms with Crippen LogP contribution in [0.2, 0.25) is 0 Å². The van der Waals surface area contributed by atoms with Crippen LogP contribution in [0.4, 0.5) is 4.39 Å². The number of nitrogens with zero attached hydrogens (tertiary/aromatic N) is 2. The van der Waals surface area contributed by atoms with Gasteiger partial charge in [0.2, 0.25) is 0 Å². The number of aryl methyl sites for hydroxylation is 1. The number of hydrogen-bond acceptors (Lipinski definition) is 11. The highest BCUT2D eigenvalue weighted by Gasteiger charge is 2.44. The lowest BCUT2D eigenvalue weighted by atomic mass is 10.2. The summed E-state index contributed by atoms with van der Waals surface area (Å²) in [5.74, 6) is 0. The van der Waals surface area contributed by atoms with E-state index in [-0.39, 0.29) is 12.0 Å². The summed E-state index contributed by atoms with van der Waals surface area (Å²) in [6, 6.07) is -0.0317. The second kappa shape index (κ2) is 10.7. The van der Waals surface area contributed by atoms with E-state index in [2.05, 4.69) is 13.1 Å². The van der Waals surface area contributed by atoms with E-state index in [1.54, 1.807) is 0 Å². The second-order valence-corrected chi connectivity index (χ2v) is 10.9. The maximum absolute atomic E-state index is 13.7. The van der Waals surface area contributed by atoms with Gasteiger partial charge in [0.05, 0.1) is 18.8 Å². The fraction of sp³-hybridized carbons (Fsp3) is 0.462. The van der Waals surface area contributed by atoms with Crippen molar-refractivity contribution in [3.8, 4) is 6.07 Å². The fourth-order valence-electron chi connectivity index (χ4n) is 2.65. The van der Waals surface area contributed by atoms with Crippen molar-refractivity contribution in [3.05, 3.63) is 44.7 Å². The molecule has 2 unspecified atom stereocenters. The number of aromatic nitrogens is 2. The molecule has 0 saturated carbocycles. The summed E-state index contributed by atoms with van der Waals surface area (Å²) in [7, 11) is -16.9. The molecule has 2 heterocycles. The zero-order chi connectivity index (χ0) is 25.9. The van der Waals surface area contributed by atoms with Gasteiger partial charge in [-0.25, -0.2) is 18.5 Å². The molecule has 0 spiro atoms. The molecule has 1 aliphatic heterocycles. The van der Waals surface area contributed by atoms with Crippen molar-refractivity contribution in [2.45, 2.75) is 31.8 Å². The third-order valence-corrected chi connectivity index (χ3v) is 7.70. The molecule has 5 N–H and O–H groups in total. The Kier molecular flexibility index (Phi) is 8.92. The lowest BCUT2D eigenvalue weighted by Crippen LogP contribution is -2.33. The Hall–Kier alpha value is -1.99. The van der Waals surface area contributed by atoms with Gasteiger partial charge >= 0.3 is 29.2 Å². The molecule has 190 valence electrons. The van der Waals surface area contributed by atoms with E-state index in [0.29, 0.717) is 6.08 Å². The van der Waals surface area contributed by atoms with Crippen LogP contribution in [-0.2, 0) is 36.3 Å². The molecule has 0 radical (unpaired) electrons. The van der Waals surface area contributed by atoms with Crippen molar-refractivity contribution in [3.63, 3.8) is 0 Å². The van der Waals surface area contributed by atoms with Gasteiger partial charge in [0.25, 0.3) is 11.6 Å². The Labute approximate surface area is 188 Å². The quantitative estimate of drug-likeness (QED) is 0.148. The topological polar surface area (TPSA) is 257 Å². The number of allylic oxidation sites excluding steroid dienone is 1. The molecule has 5 atom stereocenters. The predicted molar refractivity (Wildman–Crippen MR) is 104 cm³/mol. The van der Waals surface area contributed by atoms with E-state index in [9.17, 15) is 37.5 Å². The number of nitrogens with one attached hydrogen (secondary N) is 1. The lowest BCUT2D eigenvalue weighted by molar-refractivity contribution is -0.0562. The molecule has 2 rings (SSSR count). The van der Waals surface area contributed by atoms with Gasteiger partial charge in [0.1, 0.15) is 18.4 Å². The molecule has 1 aromatic rings. The molecule has 1 saturated heterocycles. The standard InChI is InChI=1S/C13H17FN3O14P3/c1-7-5-17(13(19)16-12(7)18)11-4-8(28-10(14)2-3-15)9(29-11)6-27-33(23,24)31-34(25,26)30-32(20,21)22/h2,5,8-9,11H,4,6H2,1H3,(H,23,24)(H,25,26)(H,16,18,19)(H2,20,21,22)/t8-,9+,11+/m0/s1. The maximum Gasteiger partial charge on any atom is 0.490 e. The minimum absolute atomic E-state index is 0.105. The summed E-state index contributed by atoms with van der Waals surface area (Å²) in [6.07, 6.45) is -2.86.